The normalized spacial score (nSPS) is 16.4. The predicted octanol–water partition coefficient (Wildman–Crippen LogP) is 1.72. The summed E-state index contributed by atoms with van der Waals surface area (Å²) in [5, 5.41) is 12.0. The molecule has 0 saturated carbocycles. The van der Waals surface area contributed by atoms with Gasteiger partial charge in [-0.1, -0.05) is 0 Å². The lowest BCUT2D eigenvalue weighted by molar-refractivity contribution is -0.139. The van der Waals surface area contributed by atoms with E-state index < -0.39 is 5.97 Å². The van der Waals surface area contributed by atoms with Crippen molar-refractivity contribution in [2.45, 2.75) is 6.54 Å². The van der Waals surface area contributed by atoms with Gasteiger partial charge in [0.1, 0.15) is 5.75 Å². The largest absolute Gasteiger partial charge is 0.482 e. The first-order valence-corrected chi connectivity index (χ1v) is 8.97. The number of ether oxygens (including phenoxy) is 1. The number of nitrogens with zero attached hydrogens (tertiary/aromatic N) is 2. The molecule has 2 aliphatic heterocycles. The first kappa shape index (κ1) is 17.4. The number of anilines is 2. The van der Waals surface area contributed by atoms with Crippen LogP contribution < -0.4 is 19.9 Å². The van der Waals surface area contributed by atoms with Gasteiger partial charge in [0, 0.05) is 43.1 Å². The van der Waals surface area contributed by atoms with Crippen molar-refractivity contribution in [1.82, 2.24) is 5.32 Å². The lowest BCUT2D eigenvalue weighted by Crippen LogP contribution is -2.43. The van der Waals surface area contributed by atoms with Gasteiger partial charge in [-0.15, -0.1) is 0 Å². The molecular weight excluding hydrogens is 346 g/mol. The Hall–Kier alpha value is -3.06. The zero-order valence-electron chi connectivity index (χ0n) is 14.9. The van der Waals surface area contributed by atoms with E-state index in [0.29, 0.717) is 12.3 Å². The number of carbonyl (C=O) groups excluding carboxylic acids is 1. The molecule has 0 atom stereocenters. The molecule has 140 valence electrons. The van der Waals surface area contributed by atoms with Gasteiger partial charge in [0.25, 0.3) is 5.91 Å². The maximum atomic E-state index is 12.8. The fourth-order valence-electron chi connectivity index (χ4n) is 3.50. The van der Waals surface area contributed by atoms with Gasteiger partial charge in [-0.05, 0) is 48.0 Å². The van der Waals surface area contributed by atoms with Crippen LogP contribution in [0.2, 0.25) is 0 Å². The number of carboxylic acid groups (broad SMARTS) is 1. The Bertz CT molecular complexity index is 860. The van der Waals surface area contributed by atoms with Gasteiger partial charge in [0.2, 0.25) is 0 Å². The molecule has 2 heterocycles. The first-order chi connectivity index (χ1) is 13.1. The van der Waals surface area contributed by atoms with Gasteiger partial charge >= 0.3 is 5.97 Å². The second-order valence-corrected chi connectivity index (χ2v) is 6.65. The number of piperazine rings is 1. The molecule has 1 fully saturated rings. The van der Waals surface area contributed by atoms with Crippen molar-refractivity contribution in [2.75, 3.05) is 42.6 Å². The fraction of sp³-hybridized carbons (Fsp3) is 0.300. The maximum absolute atomic E-state index is 12.8. The molecule has 0 unspecified atom stereocenters. The fourth-order valence-corrected chi connectivity index (χ4v) is 3.50. The quantitative estimate of drug-likeness (QED) is 0.837. The van der Waals surface area contributed by atoms with Gasteiger partial charge in [-0.3, -0.25) is 4.79 Å². The first-order valence-electron chi connectivity index (χ1n) is 8.97. The number of carboxylic acids is 1. The van der Waals surface area contributed by atoms with Crippen LogP contribution in [0.4, 0.5) is 11.4 Å². The zero-order valence-corrected chi connectivity index (χ0v) is 14.9. The summed E-state index contributed by atoms with van der Waals surface area (Å²) < 4.78 is 5.14. The topological polar surface area (TPSA) is 82.1 Å². The van der Waals surface area contributed by atoms with Crippen molar-refractivity contribution < 1.29 is 19.4 Å². The van der Waals surface area contributed by atoms with E-state index in [0.717, 1.165) is 48.7 Å². The molecule has 4 rings (SSSR count). The molecule has 1 saturated heterocycles. The second-order valence-electron chi connectivity index (χ2n) is 6.65. The van der Waals surface area contributed by atoms with Gasteiger partial charge in [0.15, 0.2) is 6.61 Å². The molecule has 7 heteroatoms. The Morgan fingerprint density at radius 2 is 1.78 bits per heavy atom. The Labute approximate surface area is 157 Å². The highest BCUT2D eigenvalue weighted by Gasteiger charge is 2.29. The summed E-state index contributed by atoms with van der Waals surface area (Å²) in [4.78, 5) is 27.4. The van der Waals surface area contributed by atoms with Crippen LogP contribution in [0, 0.1) is 0 Å². The van der Waals surface area contributed by atoms with Gasteiger partial charge in [-0.2, -0.15) is 0 Å². The van der Waals surface area contributed by atoms with E-state index >= 15 is 0 Å². The highest BCUT2D eigenvalue weighted by molar-refractivity contribution is 6.10. The third kappa shape index (κ3) is 3.59. The SMILES string of the molecule is O=C(O)COc1ccc(N2Cc3cc(N4CCNCC4)ccc3C2=O)cc1. The summed E-state index contributed by atoms with van der Waals surface area (Å²) in [7, 11) is 0. The molecule has 0 aromatic heterocycles. The molecule has 0 spiro atoms. The zero-order chi connectivity index (χ0) is 18.8. The van der Waals surface area contributed by atoms with E-state index in [1.54, 1.807) is 29.2 Å². The van der Waals surface area contributed by atoms with Crippen LogP contribution in [-0.2, 0) is 11.3 Å². The summed E-state index contributed by atoms with van der Waals surface area (Å²) in [5.74, 6) is -0.577. The minimum Gasteiger partial charge on any atom is -0.482 e. The standard InChI is InChI=1S/C20H21N3O4/c24-19(25)13-27-17-4-1-15(2-5-17)23-12-14-11-16(3-6-18(14)20(23)26)22-9-7-21-8-10-22/h1-6,11,21H,7-10,12-13H2,(H,24,25). The highest BCUT2D eigenvalue weighted by Crippen LogP contribution is 2.32. The van der Waals surface area contributed by atoms with Crippen molar-refractivity contribution in [3.8, 4) is 5.75 Å². The van der Waals surface area contributed by atoms with Gasteiger partial charge in [-0.25, -0.2) is 4.79 Å². The number of nitrogens with one attached hydrogen (secondary N) is 1. The monoisotopic (exact) mass is 367 g/mol. The molecule has 7 nitrogen and oxygen atoms in total. The van der Waals surface area contributed by atoms with Crippen LogP contribution in [-0.4, -0.2) is 49.8 Å². The number of aliphatic carboxylic acids is 1. The minimum absolute atomic E-state index is 0.0175. The molecule has 27 heavy (non-hydrogen) atoms. The van der Waals surface area contributed by atoms with Crippen molar-refractivity contribution >= 4 is 23.3 Å². The summed E-state index contributed by atoms with van der Waals surface area (Å²) in [6.07, 6.45) is 0. The smallest absolute Gasteiger partial charge is 0.341 e. The molecule has 0 radical (unpaired) electrons. The lowest BCUT2D eigenvalue weighted by atomic mass is 10.1. The summed E-state index contributed by atoms with van der Waals surface area (Å²) >= 11 is 0. The van der Waals surface area contributed by atoms with Crippen LogP contribution in [0.1, 0.15) is 15.9 Å². The summed E-state index contributed by atoms with van der Waals surface area (Å²) in [6, 6.07) is 13.0. The van der Waals surface area contributed by atoms with Crippen LogP contribution in [0.25, 0.3) is 0 Å². The lowest BCUT2D eigenvalue weighted by Gasteiger charge is -2.29. The van der Waals surface area contributed by atoms with Crippen molar-refractivity contribution in [3.63, 3.8) is 0 Å². The highest BCUT2D eigenvalue weighted by atomic mass is 16.5. The van der Waals surface area contributed by atoms with Crippen LogP contribution >= 0.6 is 0 Å². The Kier molecular flexibility index (Phi) is 4.68. The average Bonchev–Trinajstić information content (AvgIpc) is 3.03. The Balaban J connectivity index is 1.50. The Morgan fingerprint density at radius 3 is 2.48 bits per heavy atom. The summed E-state index contributed by atoms with van der Waals surface area (Å²) in [5.41, 5.74) is 3.69. The van der Waals surface area contributed by atoms with Crippen LogP contribution in [0.5, 0.6) is 5.75 Å². The van der Waals surface area contributed by atoms with E-state index in [1.165, 1.54) is 0 Å². The molecule has 2 aromatic carbocycles. The number of carbonyl (C=O) groups is 2. The van der Waals surface area contributed by atoms with Crippen LogP contribution in [0.3, 0.4) is 0 Å². The number of amides is 1. The minimum atomic E-state index is -1.02. The molecular formula is C20H21N3O4. The van der Waals surface area contributed by atoms with E-state index in [2.05, 4.69) is 16.3 Å². The molecule has 1 amide bonds. The number of hydrogen-bond acceptors (Lipinski definition) is 5. The number of fused-ring (bicyclic) bond motifs is 1. The molecule has 0 aliphatic carbocycles. The predicted molar refractivity (Wildman–Crippen MR) is 102 cm³/mol. The van der Waals surface area contributed by atoms with E-state index in [-0.39, 0.29) is 12.5 Å². The number of hydrogen-bond donors (Lipinski definition) is 2. The molecule has 2 aromatic rings. The third-order valence-electron chi connectivity index (χ3n) is 4.89. The molecule has 2 N–H and O–H groups in total. The average molecular weight is 367 g/mol. The van der Waals surface area contributed by atoms with Crippen molar-refractivity contribution in [3.05, 3.63) is 53.6 Å². The third-order valence-corrected chi connectivity index (χ3v) is 4.89. The number of rotatable bonds is 5. The molecule has 2 aliphatic rings. The van der Waals surface area contributed by atoms with E-state index in [1.807, 2.05) is 12.1 Å². The molecule has 0 bridgehead atoms. The van der Waals surface area contributed by atoms with Crippen molar-refractivity contribution in [1.29, 1.82) is 0 Å². The second kappa shape index (κ2) is 7.28. The number of benzene rings is 2. The maximum Gasteiger partial charge on any atom is 0.341 e. The van der Waals surface area contributed by atoms with Gasteiger partial charge < -0.3 is 25.0 Å². The van der Waals surface area contributed by atoms with Gasteiger partial charge in [0.05, 0.1) is 6.54 Å². The van der Waals surface area contributed by atoms with Crippen LogP contribution in [0.15, 0.2) is 42.5 Å². The van der Waals surface area contributed by atoms with E-state index in [9.17, 15) is 9.59 Å². The Morgan fingerprint density at radius 1 is 1.07 bits per heavy atom. The van der Waals surface area contributed by atoms with Crippen molar-refractivity contribution in [2.24, 2.45) is 0 Å². The summed E-state index contributed by atoms with van der Waals surface area (Å²) in [6.45, 7) is 4.02. The van der Waals surface area contributed by atoms with E-state index in [4.69, 9.17) is 9.84 Å².